The Morgan fingerprint density at radius 3 is 2.43 bits per heavy atom. The molecule has 21 heavy (non-hydrogen) atoms. The van der Waals surface area contributed by atoms with Gasteiger partial charge in [-0.2, -0.15) is 13.2 Å². The molecule has 3 N–H and O–H groups in total. The Labute approximate surface area is 123 Å². The molecule has 0 aromatic carbocycles. The fraction of sp³-hybridized carbons (Fsp3) is 0.929. The topological polar surface area (TPSA) is 58.4 Å². The van der Waals surface area contributed by atoms with Crippen molar-refractivity contribution in [3.63, 3.8) is 0 Å². The molecule has 1 saturated heterocycles. The normalized spacial score (nSPS) is 28.0. The van der Waals surface area contributed by atoms with E-state index < -0.39 is 24.5 Å². The molecule has 1 aliphatic heterocycles. The summed E-state index contributed by atoms with van der Waals surface area (Å²) in [5, 5.41) is 3.35. The lowest BCUT2D eigenvalue weighted by Gasteiger charge is -2.38. The number of amides is 2. The van der Waals surface area contributed by atoms with Crippen LogP contribution >= 0.6 is 0 Å². The van der Waals surface area contributed by atoms with Gasteiger partial charge in [-0.1, -0.05) is 12.8 Å². The highest BCUT2D eigenvalue weighted by Gasteiger charge is 2.37. The minimum atomic E-state index is -4.19. The molecule has 4 nitrogen and oxygen atoms in total. The van der Waals surface area contributed by atoms with E-state index in [9.17, 15) is 18.0 Å². The van der Waals surface area contributed by atoms with E-state index in [1.54, 1.807) is 0 Å². The predicted octanol–water partition coefficient (Wildman–Crippen LogP) is 2.49. The van der Waals surface area contributed by atoms with E-state index >= 15 is 0 Å². The minimum Gasteiger partial charge on any atom is -0.351 e. The van der Waals surface area contributed by atoms with Crippen molar-refractivity contribution in [3.05, 3.63) is 0 Å². The van der Waals surface area contributed by atoms with Crippen molar-refractivity contribution in [1.29, 1.82) is 0 Å². The number of primary amides is 1. The maximum Gasteiger partial charge on any atom is 0.389 e. The number of hydrogen-bond donors (Lipinski definition) is 2. The van der Waals surface area contributed by atoms with Gasteiger partial charge in [-0.3, -0.25) is 0 Å². The van der Waals surface area contributed by atoms with Crippen molar-refractivity contribution < 1.29 is 18.0 Å². The fourth-order valence-corrected chi connectivity index (χ4v) is 3.55. The van der Waals surface area contributed by atoms with Crippen LogP contribution < -0.4 is 11.1 Å². The van der Waals surface area contributed by atoms with Gasteiger partial charge in [0, 0.05) is 25.6 Å². The molecule has 1 saturated carbocycles. The summed E-state index contributed by atoms with van der Waals surface area (Å²) in [4.78, 5) is 12.7. The standard InChI is InChI=1S/C14H24F3N3O/c15-14(16,17)6-11-5-12(9-20(8-11)13(18)21)19-7-10-3-1-2-4-10/h10-12,19H,1-9H2,(H2,18,21). The summed E-state index contributed by atoms with van der Waals surface area (Å²) in [6.07, 6.45) is 0.258. The van der Waals surface area contributed by atoms with Crippen molar-refractivity contribution in [3.8, 4) is 0 Å². The molecule has 0 spiro atoms. The van der Waals surface area contributed by atoms with E-state index in [-0.39, 0.29) is 12.6 Å². The van der Waals surface area contributed by atoms with Crippen molar-refractivity contribution in [1.82, 2.24) is 10.2 Å². The van der Waals surface area contributed by atoms with E-state index in [2.05, 4.69) is 5.32 Å². The maximum atomic E-state index is 12.6. The van der Waals surface area contributed by atoms with Gasteiger partial charge in [0.2, 0.25) is 0 Å². The number of nitrogens with one attached hydrogen (secondary N) is 1. The summed E-state index contributed by atoms with van der Waals surface area (Å²) in [5.74, 6) is 0.0577. The highest BCUT2D eigenvalue weighted by atomic mass is 19.4. The van der Waals surface area contributed by atoms with Crippen LogP contribution in [-0.4, -0.2) is 42.8 Å². The summed E-state index contributed by atoms with van der Waals surface area (Å²) in [5.41, 5.74) is 5.25. The molecule has 7 heteroatoms. The van der Waals surface area contributed by atoms with Crippen LogP contribution in [0.5, 0.6) is 0 Å². The molecule has 0 aromatic heterocycles. The van der Waals surface area contributed by atoms with Crippen molar-refractivity contribution in [2.75, 3.05) is 19.6 Å². The zero-order valence-electron chi connectivity index (χ0n) is 12.2. The second-order valence-electron chi connectivity index (χ2n) is 6.42. The summed E-state index contributed by atoms with van der Waals surface area (Å²) in [6.45, 7) is 1.35. The first-order valence-corrected chi connectivity index (χ1v) is 7.68. The molecule has 1 heterocycles. The quantitative estimate of drug-likeness (QED) is 0.838. The van der Waals surface area contributed by atoms with Gasteiger partial charge in [0.1, 0.15) is 0 Å². The van der Waals surface area contributed by atoms with Crippen molar-refractivity contribution >= 4 is 6.03 Å². The van der Waals surface area contributed by atoms with Gasteiger partial charge in [-0.25, -0.2) is 4.79 Å². The largest absolute Gasteiger partial charge is 0.389 e. The second kappa shape index (κ2) is 6.85. The Hall–Kier alpha value is -0.980. The second-order valence-corrected chi connectivity index (χ2v) is 6.42. The molecular formula is C14H24F3N3O. The SMILES string of the molecule is NC(=O)N1CC(CC(F)(F)F)CC(NCC2CCCC2)C1. The van der Waals surface area contributed by atoms with Crippen LogP contribution in [0.1, 0.15) is 38.5 Å². The number of carbonyl (C=O) groups excluding carboxylic acids is 1. The van der Waals surface area contributed by atoms with E-state index in [4.69, 9.17) is 5.73 Å². The Kier molecular flexibility index (Phi) is 5.35. The zero-order valence-corrected chi connectivity index (χ0v) is 12.2. The van der Waals surface area contributed by atoms with Gasteiger partial charge in [0.25, 0.3) is 0 Å². The van der Waals surface area contributed by atoms with Gasteiger partial charge in [-0.05, 0) is 37.6 Å². The predicted molar refractivity (Wildman–Crippen MR) is 73.7 cm³/mol. The number of piperidine rings is 1. The number of nitrogens with zero attached hydrogens (tertiary/aromatic N) is 1. The molecule has 2 atom stereocenters. The van der Waals surface area contributed by atoms with Crippen LogP contribution in [0.2, 0.25) is 0 Å². The smallest absolute Gasteiger partial charge is 0.351 e. The van der Waals surface area contributed by atoms with Crippen LogP contribution in [0.25, 0.3) is 0 Å². The van der Waals surface area contributed by atoms with E-state index in [0.717, 1.165) is 6.54 Å². The highest BCUT2D eigenvalue weighted by molar-refractivity contribution is 5.72. The summed E-state index contributed by atoms with van der Waals surface area (Å²) >= 11 is 0. The van der Waals surface area contributed by atoms with Gasteiger partial charge in [0.15, 0.2) is 0 Å². The first kappa shape index (κ1) is 16.4. The van der Waals surface area contributed by atoms with Crippen LogP contribution in [0.15, 0.2) is 0 Å². The maximum absolute atomic E-state index is 12.6. The number of urea groups is 1. The molecule has 2 fully saturated rings. The Morgan fingerprint density at radius 2 is 1.86 bits per heavy atom. The summed E-state index contributed by atoms with van der Waals surface area (Å²) in [7, 11) is 0. The van der Waals surface area contributed by atoms with Crippen LogP contribution in [-0.2, 0) is 0 Å². The van der Waals surface area contributed by atoms with Crippen LogP contribution in [0.4, 0.5) is 18.0 Å². The first-order chi connectivity index (χ1) is 9.83. The van der Waals surface area contributed by atoms with Crippen molar-refractivity contribution in [2.45, 2.75) is 50.7 Å². The molecular weight excluding hydrogens is 283 g/mol. The van der Waals surface area contributed by atoms with E-state index in [1.165, 1.54) is 30.6 Å². The van der Waals surface area contributed by atoms with E-state index in [0.29, 0.717) is 18.9 Å². The summed E-state index contributed by atoms with van der Waals surface area (Å²) < 4.78 is 37.7. The average Bonchev–Trinajstić information content (AvgIpc) is 2.87. The highest BCUT2D eigenvalue weighted by Crippen LogP contribution is 2.31. The van der Waals surface area contributed by atoms with Gasteiger partial charge in [-0.15, -0.1) is 0 Å². The van der Waals surface area contributed by atoms with Crippen LogP contribution in [0, 0.1) is 11.8 Å². The summed E-state index contributed by atoms with van der Waals surface area (Å²) in [6, 6.07) is -0.714. The lowest BCUT2D eigenvalue weighted by Crippen LogP contribution is -2.53. The Bertz CT molecular complexity index is 356. The molecule has 0 radical (unpaired) electrons. The molecule has 2 aliphatic rings. The van der Waals surface area contributed by atoms with Crippen LogP contribution in [0.3, 0.4) is 0 Å². The molecule has 2 unspecified atom stereocenters. The Balaban J connectivity index is 1.87. The third-order valence-electron chi connectivity index (χ3n) is 4.54. The lowest BCUT2D eigenvalue weighted by molar-refractivity contribution is -0.148. The van der Waals surface area contributed by atoms with E-state index in [1.807, 2.05) is 0 Å². The third kappa shape index (κ3) is 5.37. The molecule has 0 bridgehead atoms. The fourth-order valence-electron chi connectivity index (χ4n) is 3.55. The molecule has 1 aliphatic carbocycles. The van der Waals surface area contributed by atoms with Gasteiger partial charge in [0.05, 0.1) is 0 Å². The van der Waals surface area contributed by atoms with Gasteiger partial charge < -0.3 is 16.0 Å². The molecule has 2 rings (SSSR count). The first-order valence-electron chi connectivity index (χ1n) is 7.68. The number of likely N-dealkylation sites (tertiary alicyclic amines) is 1. The number of halogens is 3. The number of hydrogen-bond acceptors (Lipinski definition) is 2. The minimum absolute atomic E-state index is 0.0841. The molecule has 2 amide bonds. The number of rotatable bonds is 4. The number of nitrogens with two attached hydrogens (primary N) is 1. The third-order valence-corrected chi connectivity index (χ3v) is 4.54. The molecule has 0 aromatic rings. The Morgan fingerprint density at radius 1 is 1.19 bits per heavy atom. The number of carbonyl (C=O) groups is 1. The average molecular weight is 307 g/mol. The molecule has 122 valence electrons. The lowest BCUT2D eigenvalue weighted by atomic mass is 9.91. The van der Waals surface area contributed by atoms with Crippen molar-refractivity contribution in [2.24, 2.45) is 17.6 Å². The number of alkyl halides is 3. The van der Waals surface area contributed by atoms with Gasteiger partial charge >= 0.3 is 12.2 Å². The monoisotopic (exact) mass is 307 g/mol. The zero-order chi connectivity index (χ0) is 15.5.